The monoisotopic (exact) mass is 204 g/mol. The Morgan fingerprint density at radius 2 is 1.92 bits per heavy atom. The molecule has 0 amide bonds. The maximum Gasteiger partial charge on any atom is 0.342 e. The molecule has 0 aliphatic rings. The van der Waals surface area contributed by atoms with Crippen molar-refractivity contribution in [3.63, 3.8) is 0 Å². The van der Waals surface area contributed by atoms with Gasteiger partial charge < -0.3 is 4.74 Å². The van der Waals surface area contributed by atoms with Crippen molar-refractivity contribution in [3.8, 4) is 0 Å². The fourth-order valence-corrected chi connectivity index (χ4v) is 0.718. The van der Waals surface area contributed by atoms with E-state index >= 15 is 0 Å². The first kappa shape index (κ1) is 10.9. The van der Waals surface area contributed by atoms with Gasteiger partial charge in [0.15, 0.2) is 0 Å². The molecule has 0 N–H and O–H groups in total. The predicted molar refractivity (Wildman–Crippen MR) is 42.1 cm³/mol. The number of hydrogen-bond donors (Lipinski definition) is 0. The number of esters is 1. The summed E-state index contributed by atoms with van der Waals surface area (Å²) in [6.45, 7) is 3.28. The maximum atomic E-state index is 11.0. The zero-order chi connectivity index (χ0) is 8.10. The second-order valence-electron chi connectivity index (χ2n) is 1.94. The van der Waals surface area contributed by atoms with Crippen LogP contribution in [0.3, 0.4) is 0 Å². The van der Waals surface area contributed by atoms with E-state index in [1.165, 1.54) is 0 Å². The smallest absolute Gasteiger partial charge is 0.342 e. The summed E-state index contributed by atoms with van der Waals surface area (Å²) in [7, 11) is 0. The Kier molecular flexibility index (Phi) is 5.09. The third-order valence-corrected chi connectivity index (χ3v) is 1.20. The summed E-state index contributed by atoms with van der Waals surface area (Å²) in [4.78, 5) is 11.0. The Morgan fingerprint density at radius 3 is 2.42 bits per heavy atom. The quantitative estimate of drug-likeness (QED) is 0.418. The summed E-state index contributed by atoms with van der Waals surface area (Å²) < 4.78 is 4.55. The molecular formula is C9H8FeO2. The van der Waals surface area contributed by atoms with Crippen molar-refractivity contribution in [1.82, 2.24) is 0 Å². The van der Waals surface area contributed by atoms with Gasteiger partial charge in [0.25, 0.3) is 0 Å². The first-order valence-corrected chi connectivity index (χ1v) is 3.21. The van der Waals surface area contributed by atoms with Gasteiger partial charge in [-0.3, -0.25) is 0 Å². The van der Waals surface area contributed by atoms with Crippen molar-refractivity contribution in [2.24, 2.45) is 0 Å². The molecule has 1 aromatic rings. The average Bonchev–Trinajstić information content (AvgIpc) is 2.07. The molecule has 0 fully saturated rings. The van der Waals surface area contributed by atoms with E-state index in [2.05, 4.69) is 11.3 Å². The molecule has 0 aliphatic heterocycles. The normalized spacial score (nSPS) is 8.00. The minimum atomic E-state index is -0.374. The minimum absolute atomic E-state index is 0. The summed E-state index contributed by atoms with van der Waals surface area (Å²) in [6, 6.07) is 8.77. The number of rotatable bonds is 2. The predicted octanol–water partition coefficient (Wildman–Crippen LogP) is 1.98. The van der Waals surface area contributed by atoms with Crippen LogP contribution in [0.1, 0.15) is 10.4 Å². The van der Waals surface area contributed by atoms with Crippen LogP contribution in [0.5, 0.6) is 0 Å². The average molecular weight is 204 g/mol. The van der Waals surface area contributed by atoms with Gasteiger partial charge in [0.05, 0.1) is 11.8 Å². The van der Waals surface area contributed by atoms with Crippen LogP contribution in [0.15, 0.2) is 43.2 Å². The van der Waals surface area contributed by atoms with Gasteiger partial charge in [-0.25, -0.2) is 4.79 Å². The molecule has 0 heterocycles. The van der Waals surface area contributed by atoms with Crippen LogP contribution >= 0.6 is 0 Å². The molecule has 0 unspecified atom stereocenters. The third kappa shape index (κ3) is 2.91. The van der Waals surface area contributed by atoms with Crippen LogP contribution in [0.2, 0.25) is 0 Å². The molecule has 0 aromatic heterocycles. The van der Waals surface area contributed by atoms with Crippen LogP contribution in [-0.2, 0) is 21.8 Å². The van der Waals surface area contributed by atoms with Crippen molar-refractivity contribution in [3.05, 3.63) is 48.7 Å². The van der Waals surface area contributed by atoms with E-state index in [0.717, 1.165) is 6.26 Å². The van der Waals surface area contributed by atoms with Crippen molar-refractivity contribution in [2.45, 2.75) is 0 Å². The van der Waals surface area contributed by atoms with E-state index in [4.69, 9.17) is 0 Å². The number of ether oxygens (including phenoxy) is 1. The molecule has 0 bridgehead atoms. The van der Waals surface area contributed by atoms with Gasteiger partial charge in [-0.15, -0.1) is 0 Å². The number of benzene rings is 1. The van der Waals surface area contributed by atoms with E-state index in [-0.39, 0.29) is 23.0 Å². The Hall–Kier alpha value is -1.05. The molecule has 1 rings (SSSR count). The third-order valence-electron chi connectivity index (χ3n) is 1.20. The van der Waals surface area contributed by atoms with Crippen LogP contribution in [0.4, 0.5) is 0 Å². The zero-order valence-corrected chi connectivity index (χ0v) is 7.45. The van der Waals surface area contributed by atoms with Gasteiger partial charge in [0.2, 0.25) is 0 Å². The number of carbonyl (C=O) groups is 1. The fraction of sp³-hybridized carbons (Fsp3) is 0. The number of carbonyl (C=O) groups excluding carboxylic acids is 1. The fourth-order valence-electron chi connectivity index (χ4n) is 0.718. The van der Waals surface area contributed by atoms with Gasteiger partial charge in [0, 0.05) is 17.1 Å². The maximum absolute atomic E-state index is 11.0. The molecule has 12 heavy (non-hydrogen) atoms. The summed E-state index contributed by atoms with van der Waals surface area (Å²) in [6.07, 6.45) is 1.12. The minimum Gasteiger partial charge on any atom is -0.432 e. The van der Waals surface area contributed by atoms with Crippen molar-refractivity contribution < 1.29 is 26.6 Å². The molecule has 1 aromatic carbocycles. The second kappa shape index (κ2) is 5.58. The summed E-state index contributed by atoms with van der Waals surface area (Å²) in [5.74, 6) is -0.374. The first-order chi connectivity index (χ1) is 5.34. The Morgan fingerprint density at radius 1 is 1.33 bits per heavy atom. The molecule has 0 atom stereocenters. The van der Waals surface area contributed by atoms with Crippen molar-refractivity contribution in [2.75, 3.05) is 0 Å². The SMILES string of the molecule is C=COC(=O)c1ccccc1.[Fe]. The van der Waals surface area contributed by atoms with E-state index in [1.54, 1.807) is 24.3 Å². The Bertz CT molecular complexity index is 256. The van der Waals surface area contributed by atoms with Gasteiger partial charge >= 0.3 is 5.97 Å². The largest absolute Gasteiger partial charge is 0.432 e. The van der Waals surface area contributed by atoms with Crippen LogP contribution in [0.25, 0.3) is 0 Å². The zero-order valence-electron chi connectivity index (χ0n) is 6.34. The molecule has 0 saturated carbocycles. The molecule has 0 aliphatic carbocycles. The summed E-state index contributed by atoms with van der Waals surface area (Å²) in [5, 5.41) is 0. The topological polar surface area (TPSA) is 26.3 Å². The molecule has 0 radical (unpaired) electrons. The molecule has 2 nitrogen and oxygen atoms in total. The molecule has 64 valence electrons. The molecular weight excluding hydrogens is 196 g/mol. The molecule has 0 spiro atoms. The molecule has 3 heteroatoms. The van der Waals surface area contributed by atoms with Gasteiger partial charge in [-0.05, 0) is 12.1 Å². The van der Waals surface area contributed by atoms with Gasteiger partial charge in [0.1, 0.15) is 0 Å². The van der Waals surface area contributed by atoms with E-state index in [0.29, 0.717) is 5.56 Å². The van der Waals surface area contributed by atoms with E-state index in [1.807, 2.05) is 6.07 Å². The van der Waals surface area contributed by atoms with Crippen LogP contribution in [0, 0.1) is 0 Å². The van der Waals surface area contributed by atoms with Crippen LogP contribution in [-0.4, -0.2) is 5.97 Å². The summed E-state index contributed by atoms with van der Waals surface area (Å²) >= 11 is 0. The van der Waals surface area contributed by atoms with E-state index in [9.17, 15) is 4.79 Å². The van der Waals surface area contributed by atoms with Crippen molar-refractivity contribution in [1.29, 1.82) is 0 Å². The Labute approximate surface area is 81.7 Å². The first-order valence-electron chi connectivity index (χ1n) is 3.21. The van der Waals surface area contributed by atoms with Crippen molar-refractivity contribution >= 4 is 5.97 Å². The summed E-state index contributed by atoms with van der Waals surface area (Å²) in [5.41, 5.74) is 0.535. The van der Waals surface area contributed by atoms with Gasteiger partial charge in [-0.2, -0.15) is 0 Å². The van der Waals surface area contributed by atoms with Crippen LogP contribution < -0.4 is 0 Å². The Balaban J connectivity index is 0.00000121. The van der Waals surface area contributed by atoms with E-state index < -0.39 is 0 Å². The standard InChI is InChI=1S/C9H8O2.Fe/c1-2-11-9(10)8-6-4-3-5-7-8;/h2-7H,1H2;. The number of hydrogen-bond acceptors (Lipinski definition) is 2. The molecule has 0 saturated heterocycles. The second-order valence-corrected chi connectivity index (χ2v) is 1.94. The van der Waals surface area contributed by atoms with Gasteiger partial charge in [-0.1, -0.05) is 24.8 Å².